The molecule has 0 aromatic carbocycles. The average Bonchev–Trinajstić information content (AvgIpc) is 2.63. The van der Waals surface area contributed by atoms with Gasteiger partial charge < -0.3 is 4.55 Å². The Morgan fingerprint density at radius 2 is 1.24 bits per heavy atom. The minimum absolute atomic E-state index is 0.0528. The van der Waals surface area contributed by atoms with Gasteiger partial charge >= 0.3 is 5.91 Å². The summed E-state index contributed by atoms with van der Waals surface area (Å²) >= 11 is 0. The second-order valence-corrected chi connectivity index (χ2v) is 10.3. The molecule has 1 amide bonds. The van der Waals surface area contributed by atoms with E-state index in [0.717, 1.165) is 12.8 Å². The first-order valence-electron chi connectivity index (χ1n) is 11.7. The number of unbranched alkanes of at least 4 members (excludes halogenated alkanes) is 13. The van der Waals surface area contributed by atoms with Crippen molar-refractivity contribution in [1.82, 2.24) is 0 Å². The number of hydrogen-bond acceptors (Lipinski definition) is 4. The molecule has 0 aliphatic heterocycles. The highest BCUT2D eigenvalue weighted by Crippen LogP contribution is 2.13. The van der Waals surface area contributed by atoms with E-state index in [2.05, 4.69) is 6.92 Å². The van der Waals surface area contributed by atoms with E-state index in [-0.39, 0.29) is 16.8 Å². The van der Waals surface area contributed by atoms with E-state index in [1.54, 1.807) is 20.2 Å². The van der Waals surface area contributed by atoms with Crippen LogP contribution in [0, 0.1) is 0 Å². The van der Waals surface area contributed by atoms with E-state index in [9.17, 15) is 17.8 Å². The number of likely N-dealkylation sites (N-methyl/N-ethyl adjacent to an activating group) is 1. The molecule has 0 saturated carbocycles. The van der Waals surface area contributed by atoms with Crippen molar-refractivity contribution < 1.29 is 22.2 Å². The minimum Gasteiger partial charge on any atom is -0.748 e. The third-order valence-electron chi connectivity index (χ3n) is 5.44. The van der Waals surface area contributed by atoms with Gasteiger partial charge in [-0.25, -0.2) is 13.2 Å². The van der Waals surface area contributed by atoms with Crippen LogP contribution in [0.1, 0.15) is 103 Å². The van der Waals surface area contributed by atoms with Gasteiger partial charge in [0.15, 0.2) is 0 Å². The maximum Gasteiger partial charge on any atom is 0.337 e. The van der Waals surface area contributed by atoms with E-state index in [4.69, 9.17) is 0 Å². The van der Waals surface area contributed by atoms with Gasteiger partial charge in [0.2, 0.25) is 0 Å². The fourth-order valence-electron chi connectivity index (χ4n) is 3.41. The fraction of sp³-hybridized carbons (Fsp3) is 0.870. The highest BCUT2D eigenvalue weighted by molar-refractivity contribution is 7.85. The molecule has 0 radical (unpaired) electrons. The van der Waals surface area contributed by atoms with Crippen LogP contribution >= 0.6 is 0 Å². The Kier molecular flexibility index (Phi) is 16.6. The van der Waals surface area contributed by atoms with Gasteiger partial charge in [0.25, 0.3) is 0 Å². The molecular formula is C23H45NO4S. The molecule has 29 heavy (non-hydrogen) atoms. The van der Waals surface area contributed by atoms with Crippen LogP contribution in [-0.2, 0) is 14.9 Å². The highest BCUT2D eigenvalue weighted by atomic mass is 32.2. The summed E-state index contributed by atoms with van der Waals surface area (Å²) in [7, 11) is -0.714. The molecule has 0 spiro atoms. The zero-order chi connectivity index (χ0) is 22.0. The number of hydrogen-bond donors (Lipinski definition) is 0. The molecule has 0 atom stereocenters. The van der Waals surface area contributed by atoms with Gasteiger partial charge in [-0.1, -0.05) is 90.0 Å². The summed E-state index contributed by atoms with van der Waals surface area (Å²) in [6.45, 7) is 2.61. The summed E-state index contributed by atoms with van der Waals surface area (Å²) in [6.07, 6.45) is 21.9. The highest BCUT2D eigenvalue weighted by Gasteiger charge is 2.23. The van der Waals surface area contributed by atoms with Crippen LogP contribution in [-0.4, -0.2) is 49.8 Å². The summed E-state index contributed by atoms with van der Waals surface area (Å²) in [5.74, 6) is -0.465. The van der Waals surface area contributed by atoms with E-state index < -0.39 is 15.9 Å². The standard InChI is InChI=1S/C23H45NO4S/c1-4-5-6-7-8-9-10-11-12-13-14-15-16-17-18-20-23(25)24(2,3)21-19-22-29(26,27)28/h18,20H,4-17,19,21-22H2,1-3H3. The Labute approximate surface area is 180 Å². The summed E-state index contributed by atoms with van der Waals surface area (Å²) in [4.78, 5) is 12.2. The Morgan fingerprint density at radius 1 is 0.793 bits per heavy atom. The first-order chi connectivity index (χ1) is 13.7. The predicted octanol–water partition coefficient (Wildman–Crippen LogP) is 5.56. The van der Waals surface area contributed by atoms with Crippen molar-refractivity contribution >= 4 is 16.0 Å². The van der Waals surface area contributed by atoms with Gasteiger partial charge in [-0.2, -0.15) is 0 Å². The molecule has 0 N–H and O–H groups in total. The second-order valence-electron chi connectivity index (χ2n) is 8.80. The topological polar surface area (TPSA) is 74.3 Å². The van der Waals surface area contributed by atoms with Gasteiger partial charge in [0, 0.05) is 18.2 Å². The van der Waals surface area contributed by atoms with Crippen molar-refractivity contribution in [2.45, 2.75) is 103 Å². The average molecular weight is 432 g/mol. The first-order valence-corrected chi connectivity index (χ1v) is 13.2. The number of carbonyl (C=O) groups is 1. The smallest absolute Gasteiger partial charge is 0.337 e. The molecule has 0 fully saturated rings. The molecule has 5 nitrogen and oxygen atoms in total. The Balaban J connectivity index is 3.59. The number of quaternary nitrogens is 1. The lowest BCUT2D eigenvalue weighted by atomic mass is 10.0. The maximum absolute atomic E-state index is 12.2. The van der Waals surface area contributed by atoms with Crippen molar-refractivity contribution in [3.8, 4) is 0 Å². The molecule has 0 bridgehead atoms. The number of amides is 1. The van der Waals surface area contributed by atoms with E-state index in [0.29, 0.717) is 6.54 Å². The lowest BCUT2D eigenvalue weighted by molar-refractivity contribution is -0.811. The minimum atomic E-state index is -4.21. The molecule has 0 aromatic heterocycles. The zero-order valence-corrected chi connectivity index (χ0v) is 20.0. The molecule has 0 unspecified atom stereocenters. The van der Waals surface area contributed by atoms with Crippen LogP contribution in [0.5, 0.6) is 0 Å². The number of nitrogens with zero attached hydrogens (tertiary/aromatic N) is 1. The quantitative estimate of drug-likeness (QED) is 0.116. The van der Waals surface area contributed by atoms with Gasteiger partial charge in [-0.3, -0.25) is 4.48 Å². The molecule has 0 aromatic rings. The summed E-state index contributed by atoms with van der Waals surface area (Å²) < 4.78 is 32.0. The summed E-state index contributed by atoms with van der Waals surface area (Å²) in [6, 6.07) is 0. The van der Waals surface area contributed by atoms with Crippen LogP contribution in [0.2, 0.25) is 0 Å². The third-order valence-corrected chi connectivity index (χ3v) is 6.23. The van der Waals surface area contributed by atoms with Crippen molar-refractivity contribution in [2.24, 2.45) is 0 Å². The third kappa shape index (κ3) is 19.0. The Bertz CT molecular complexity index is 541. The Morgan fingerprint density at radius 3 is 1.69 bits per heavy atom. The SMILES string of the molecule is CCCCCCCCCCCCCCCC=CC(=O)[N+](C)(C)CCCS(=O)(=O)[O-]. The van der Waals surface area contributed by atoms with Gasteiger partial charge in [0.05, 0.1) is 30.8 Å². The molecule has 6 heteroatoms. The molecular weight excluding hydrogens is 386 g/mol. The summed E-state index contributed by atoms with van der Waals surface area (Å²) in [5, 5.41) is 0. The number of rotatable bonds is 19. The van der Waals surface area contributed by atoms with Gasteiger partial charge in [-0.05, 0) is 12.8 Å². The number of allylic oxidation sites excluding steroid dienone is 1. The van der Waals surface area contributed by atoms with Crippen LogP contribution in [0.4, 0.5) is 0 Å². The Hall–Kier alpha value is -0.720. The van der Waals surface area contributed by atoms with Crippen LogP contribution in [0.3, 0.4) is 0 Å². The van der Waals surface area contributed by atoms with E-state index in [1.807, 2.05) is 6.08 Å². The lowest BCUT2D eigenvalue weighted by Crippen LogP contribution is -2.45. The largest absolute Gasteiger partial charge is 0.748 e. The molecule has 0 aliphatic rings. The molecule has 172 valence electrons. The fourth-order valence-corrected chi connectivity index (χ4v) is 3.90. The predicted molar refractivity (Wildman–Crippen MR) is 121 cm³/mol. The van der Waals surface area contributed by atoms with Crippen LogP contribution in [0.25, 0.3) is 0 Å². The zero-order valence-electron chi connectivity index (χ0n) is 19.2. The van der Waals surface area contributed by atoms with Crippen molar-refractivity contribution in [1.29, 1.82) is 0 Å². The normalized spacial score (nSPS) is 12.7. The van der Waals surface area contributed by atoms with E-state index in [1.165, 1.54) is 77.0 Å². The second kappa shape index (κ2) is 17.0. The van der Waals surface area contributed by atoms with Gasteiger partial charge in [0.1, 0.15) is 0 Å². The lowest BCUT2D eigenvalue weighted by Gasteiger charge is -2.25. The van der Waals surface area contributed by atoms with Crippen molar-refractivity contribution in [3.63, 3.8) is 0 Å². The van der Waals surface area contributed by atoms with Crippen LogP contribution in [0.15, 0.2) is 12.2 Å². The van der Waals surface area contributed by atoms with Crippen LogP contribution < -0.4 is 0 Å². The van der Waals surface area contributed by atoms with Crippen molar-refractivity contribution in [3.05, 3.63) is 12.2 Å². The monoisotopic (exact) mass is 431 g/mol. The maximum atomic E-state index is 12.2. The van der Waals surface area contributed by atoms with E-state index >= 15 is 0 Å². The molecule has 0 rings (SSSR count). The molecule has 0 heterocycles. The van der Waals surface area contributed by atoms with Gasteiger partial charge in [-0.15, -0.1) is 0 Å². The summed E-state index contributed by atoms with van der Waals surface area (Å²) in [5.41, 5.74) is 0. The molecule has 0 aliphatic carbocycles. The van der Waals surface area contributed by atoms with Crippen molar-refractivity contribution in [2.75, 3.05) is 26.4 Å². The molecule has 0 saturated heterocycles. The first kappa shape index (κ1) is 28.3. The number of carbonyl (C=O) groups excluding carboxylic acids is 1.